The molecule has 1 aromatic carbocycles. The highest BCUT2D eigenvalue weighted by atomic mass is 32.2. The first kappa shape index (κ1) is 17.2. The van der Waals surface area contributed by atoms with Crippen molar-refractivity contribution in [1.82, 2.24) is 14.8 Å². The van der Waals surface area contributed by atoms with Crippen LogP contribution in [0.15, 0.2) is 46.9 Å². The number of carbonyl (C=O) groups is 1. The molecule has 2 heterocycles. The number of aromatic nitrogens is 3. The second-order valence-corrected chi connectivity index (χ2v) is 7.19. The van der Waals surface area contributed by atoms with Gasteiger partial charge >= 0.3 is 0 Å². The van der Waals surface area contributed by atoms with E-state index in [9.17, 15) is 4.79 Å². The van der Waals surface area contributed by atoms with Crippen LogP contribution in [0.2, 0.25) is 0 Å². The van der Waals surface area contributed by atoms with Crippen LogP contribution in [0.3, 0.4) is 0 Å². The van der Waals surface area contributed by atoms with Gasteiger partial charge in [0, 0.05) is 24.9 Å². The summed E-state index contributed by atoms with van der Waals surface area (Å²) in [5.41, 5.74) is 1.15. The van der Waals surface area contributed by atoms with Crippen molar-refractivity contribution in [1.29, 1.82) is 5.26 Å². The molecule has 126 valence electrons. The van der Waals surface area contributed by atoms with Crippen molar-refractivity contribution < 1.29 is 4.79 Å². The molecule has 0 bridgehead atoms. The lowest BCUT2D eigenvalue weighted by atomic mass is 10.2. The number of thiophene rings is 1. The minimum absolute atomic E-state index is 0.0942. The monoisotopic (exact) mass is 369 g/mol. The SMILES string of the molecule is Cn1c(SCCC(=O)Nc2cccc(C#N)c2)nnc1-c1cccs1. The summed E-state index contributed by atoms with van der Waals surface area (Å²) in [5.74, 6) is 1.33. The van der Waals surface area contributed by atoms with Gasteiger partial charge in [0.25, 0.3) is 0 Å². The second-order valence-electron chi connectivity index (χ2n) is 5.18. The predicted octanol–water partition coefficient (Wildman–Crippen LogP) is 3.54. The zero-order chi connectivity index (χ0) is 17.6. The number of carbonyl (C=O) groups excluding carboxylic acids is 1. The fraction of sp³-hybridized carbons (Fsp3) is 0.176. The van der Waals surface area contributed by atoms with E-state index in [4.69, 9.17) is 5.26 Å². The molecule has 0 fully saturated rings. The molecule has 0 aliphatic carbocycles. The zero-order valence-corrected chi connectivity index (χ0v) is 15.1. The number of nitrogens with one attached hydrogen (secondary N) is 1. The molecule has 0 atom stereocenters. The summed E-state index contributed by atoms with van der Waals surface area (Å²) in [6, 6.07) is 12.9. The molecular weight excluding hydrogens is 354 g/mol. The summed E-state index contributed by atoms with van der Waals surface area (Å²) >= 11 is 3.11. The molecule has 1 N–H and O–H groups in total. The second kappa shape index (κ2) is 7.96. The Balaban J connectivity index is 1.53. The molecule has 3 rings (SSSR count). The molecule has 6 nitrogen and oxygen atoms in total. The van der Waals surface area contributed by atoms with Crippen LogP contribution in [0.5, 0.6) is 0 Å². The van der Waals surface area contributed by atoms with Crippen LogP contribution in [0.4, 0.5) is 5.69 Å². The van der Waals surface area contributed by atoms with E-state index >= 15 is 0 Å². The van der Waals surface area contributed by atoms with Crippen molar-refractivity contribution in [2.45, 2.75) is 11.6 Å². The van der Waals surface area contributed by atoms with Crippen LogP contribution in [0.1, 0.15) is 12.0 Å². The number of benzene rings is 1. The van der Waals surface area contributed by atoms with Crippen LogP contribution < -0.4 is 5.32 Å². The van der Waals surface area contributed by atoms with Gasteiger partial charge < -0.3 is 9.88 Å². The summed E-state index contributed by atoms with van der Waals surface area (Å²) in [6.07, 6.45) is 0.350. The first-order valence-electron chi connectivity index (χ1n) is 7.53. The molecule has 0 aliphatic heterocycles. The third kappa shape index (κ3) is 4.26. The summed E-state index contributed by atoms with van der Waals surface area (Å²) in [5, 5.41) is 22.9. The van der Waals surface area contributed by atoms with Gasteiger partial charge in [0.2, 0.25) is 5.91 Å². The highest BCUT2D eigenvalue weighted by Gasteiger charge is 2.12. The van der Waals surface area contributed by atoms with Crippen molar-refractivity contribution in [2.75, 3.05) is 11.1 Å². The molecule has 0 aliphatic rings. The molecule has 0 saturated carbocycles. The number of hydrogen-bond donors (Lipinski definition) is 1. The Morgan fingerprint density at radius 2 is 2.24 bits per heavy atom. The number of rotatable bonds is 6. The van der Waals surface area contributed by atoms with E-state index in [0.717, 1.165) is 15.9 Å². The normalized spacial score (nSPS) is 10.4. The number of thioether (sulfide) groups is 1. The number of nitrogens with zero attached hydrogens (tertiary/aromatic N) is 4. The summed E-state index contributed by atoms with van der Waals surface area (Å²) in [7, 11) is 1.92. The zero-order valence-electron chi connectivity index (χ0n) is 13.5. The lowest BCUT2D eigenvalue weighted by molar-refractivity contribution is -0.115. The van der Waals surface area contributed by atoms with Crippen molar-refractivity contribution in [3.8, 4) is 16.8 Å². The van der Waals surface area contributed by atoms with Crippen molar-refractivity contribution >= 4 is 34.7 Å². The van der Waals surface area contributed by atoms with Crippen molar-refractivity contribution in [3.05, 3.63) is 47.3 Å². The summed E-state index contributed by atoms with van der Waals surface area (Å²) in [4.78, 5) is 13.1. The lowest BCUT2D eigenvalue weighted by Gasteiger charge is -2.05. The topological polar surface area (TPSA) is 83.6 Å². The third-order valence-electron chi connectivity index (χ3n) is 3.41. The van der Waals surface area contributed by atoms with Crippen molar-refractivity contribution in [3.63, 3.8) is 0 Å². The smallest absolute Gasteiger partial charge is 0.225 e. The Bertz CT molecular complexity index is 912. The van der Waals surface area contributed by atoms with Crippen LogP contribution in [0, 0.1) is 11.3 Å². The van der Waals surface area contributed by atoms with E-state index in [-0.39, 0.29) is 5.91 Å². The average Bonchev–Trinajstić information content (AvgIpc) is 3.25. The van der Waals surface area contributed by atoms with Crippen LogP contribution in [-0.2, 0) is 11.8 Å². The fourth-order valence-corrected chi connectivity index (χ4v) is 3.78. The molecular formula is C17H15N5OS2. The first-order valence-corrected chi connectivity index (χ1v) is 9.40. The highest BCUT2D eigenvalue weighted by molar-refractivity contribution is 7.99. The number of hydrogen-bond acceptors (Lipinski definition) is 6. The number of amides is 1. The summed E-state index contributed by atoms with van der Waals surface area (Å²) in [6.45, 7) is 0. The van der Waals surface area contributed by atoms with E-state index in [2.05, 4.69) is 21.6 Å². The molecule has 0 spiro atoms. The predicted molar refractivity (Wildman–Crippen MR) is 99.4 cm³/mol. The van der Waals surface area contributed by atoms with Crippen LogP contribution in [-0.4, -0.2) is 26.4 Å². The molecule has 0 radical (unpaired) electrons. The standard InChI is InChI=1S/C17H15N5OS2/c1-22-16(14-6-3-8-24-14)20-21-17(22)25-9-7-15(23)19-13-5-2-4-12(10-13)11-18/h2-6,8,10H,7,9H2,1H3,(H,19,23). The maximum absolute atomic E-state index is 12.0. The Morgan fingerprint density at radius 1 is 1.36 bits per heavy atom. The number of anilines is 1. The Hall–Kier alpha value is -2.63. The number of nitriles is 1. The molecule has 8 heteroatoms. The average molecular weight is 369 g/mol. The van der Waals surface area contributed by atoms with E-state index in [1.165, 1.54) is 11.8 Å². The van der Waals surface area contributed by atoms with Crippen LogP contribution in [0.25, 0.3) is 10.7 Å². The molecule has 0 saturated heterocycles. The van der Waals surface area contributed by atoms with E-state index < -0.39 is 0 Å². The molecule has 1 amide bonds. The van der Waals surface area contributed by atoms with E-state index in [1.807, 2.05) is 29.1 Å². The van der Waals surface area contributed by atoms with Gasteiger partial charge in [0.1, 0.15) is 0 Å². The third-order valence-corrected chi connectivity index (χ3v) is 5.30. The minimum atomic E-state index is -0.0942. The first-order chi connectivity index (χ1) is 12.2. The lowest BCUT2D eigenvalue weighted by Crippen LogP contribution is -2.12. The molecule has 25 heavy (non-hydrogen) atoms. The Labute approximate surface area is 153 Å². The van der Waals surface area contributed by atoms with Gasteiger partial charge in [0.15, 0.2) is 11.0 Å². The highest BCUT2D eigenvalue weighted by Crippen LogP contribution is 2.26. The van der Waals surface area contributed by atoms with E-state index in [1.54, 1.807) is 35.6 Å². The van der Waals surface area contributed by atoms with Crippen LogP contribution >= 0.6 is 23.1 Å². The van der Waals surface area contributed by atoms with Gasteiger partial charge in [-0.05, 0) is 29.6 Å². The largest absolute Gasteiger partial charge is 0.326 e. The minimum Gasteiger partial charge on any atom is -0.326 e. The van der Waals surface area contributed by atoms with Gasteiger partial charge in [-0.15, -0.1) is 21.5 Å². The summed E-state index contributed by atoms with van der Waals surface area (Å²) < 4.78 is 1.94. The van der Waals surface area contributed by atoms with Gasteiger partial charge in [-0.2, -0.15) is 5.26 Å². The maximum atomic E-state index is 12.0. The molecule has 0 unspecified atom stereocenters. The van der Waals surface area contributed by atoms with Gasteiger partial charge in [-0.1, -0.05) is 23.9 Å². The Morgan fingerprint density at radius 3 is 3.00 bits per heavy atom. The van der Waals surface area contributed by atoms with Crippen molar-refractivity contribution in [2.24, 2.45) is 7.05 Å². The molecule has 2 aromatic heterocycles. The maximum Gasteiger partial charge on any atom is 0.225 e. The Kier molecular flexibility index (Phi) is 5.48. The van der Waals surface area contributed by atoms with E-state index in [0.29, 0.717) is 23.4 Å². The van der Waals surface area contributed by atoms with Gasteiger partial charge in [-0.3, -0.25) is 4.79 Å². The quantitative estimate of drug-likeness (QED) is 0.672. The molecule has 3 aromatic rings. The van der Waals surface area contributed by atoms with Gasteiger partial charge in [-0.25, -0.2) is 0 Å². The van der Waals surface area contributed by atoms with Gasteiger partial charge in [0.05, 0.1) is 16.5 Å². The fourth-order valence-electron chi connectivity index (χ4n) is 2.19.